The van der Waals surface area contributed by atoms with Crippen molar-refractivity contribution >= 4 is 27.7 Å². The van der Waals surface area contributed by atoms with Gasteiger partial charge in [-0.15, -0.1) is 0 Å². The van der Waals surface area contributed by atoms with E-state index in [4.69, 9.17) is 0 Å². The van der Waals surface area contributed by atoms with E-state index < -0.39 is 17.7 Å². The predicted molar refractivity (Wildman–Crippen MR) is 100 cm³/mol. The molecule has 6 heteroatoms. The first-order valence-corrected chi connectivity index (χ1v) is 9.19. The van der Waals surface area contributed by atoms with E-state index in [1.807, 2.05) is 18.4 Å². The molecule has 1 fully saturated rings. The van der Waals surface area contributed by atoms with Crippen LogP contribution in [-0.2, 0) is 11.3 Å². The number of hydrogen-bond donors (Lipinski definition) is 1. The Morgan fingerprint density at radius 3 is 2.07 bits per heavy atom. The van der Waals surface area contributed by atoms with Crippen molar-refractivity contribution in [2.45, 2.75) is 39.0 Å². The molecular formula is C21H22F2N2O2. The zero-order valence-corrected chi connectivity index (χ0v) is 15.3. The Balaban J connectivity index is 1.69. The molecule has 0 spiro atoms. The number of likely N-dealkylation sites (tertiary alicyclic amines) is 1. The van der Waals surface area contributed by atoms with Crippen molar-refractivity contribution in [2.24, 2.45) is 5.92 Å². The summed E-state index contributed by atoms with van der Waals surface area (Å²) in [4.78, 5) is 13.9. The van der Waals surface area contributed by atoms with Crippen molar-refractivity contribution < 1.29 is 18.7 Å². The molecular weight excluding hydrogens is 350 g/mol. The second-order valence-electron chi connectivity index (χ2n) is 7.56. The Labute approximate surface area is 156 Å². The van der Waals surface area contributed by atoms with Crippen molar-refractivity contribution in [1.82, 2.24) is 9.47 Å². The molecule has 1 aromatic heterocycles. The number of carbonyl (C=O) groups is 1. The molecule has 2 heterocycles. The van der Waals surface area contributed by atoms with Gasteiger partial charge in [-0.25, -0.2) is 8.78 Å². The number of fused-ring (bicyclic) bond motifs is 3. The van der Waals surface area contributed by atoms with Gasteiger partial charge in [0.15, 0.2) is 0 Å². The van der Waals surface area contributed by atoms with Crippen molar-refractivity contribution in [3.05, 3.63) is 48.0 Å². The highest BCUT2D eigenvalue weighted by Crippen LogP contribution is 2.31. The lowest BCUT2D eigenvalue weighted by molar-refractivity contribution is -0.130. The lowest BCUT2D eigenvalue weighted by atomic mass is 10.1. The van der Waals surface area contributed by atoms with Crippen LogP contribution in [0.15, 0.2) is 36.4 Å². The number of halogens is 2. The van der Waals surface area contributed by atoms with Gasteiger partial charge in [-0.3, -0.25) is 4.79 Å². The third-order valence-electron chi connectivity index (χ3n) is 5.72. The van der Waals surface area contributed by atoms with Crippen LogP contribution in [0.3, 0.4) is 0 Å². The highest BCUT2D eigenvalue weighted by molar-refractivity contribution is 6.08. The molecule has 0 radical (unpaired) electrons. The maximum absolute atomic E-state index is 13.7. The Morgan fingerprint density at radius 2 is 1.59 bits per heavy atom. The van der Waals surface area contributed by atoms with Crippen molar-refractivity contribution in [3.63, 3.8) is 0 Å². The maximum atomic E-state index is 13.7. The molecule has 0 saturated carbocycles. The van der Waals surface area contributed by atoms with E-state index in [2.05, 4.69) is 0 Å². The summed E-state index contributed by atoms with van der Waals surface area (Å²) >= 11 is 0. The zero-order chi connectivity index (χ0) is 19.3. The van der Waals surface area contributed by atoms with E-state index in [1.165, 1.54) is 24.3 Å². The molecule has 1 aliphatic heterocycles. The molecule has 1 N–H and O–H groups in total. The molecule has 3 aromatic rings. The molecule has 3 atom stereocenters. The number of β-amino-alcohol motifs (C(OH)–C–C–N with tert-alkyl or cyclic N) is 1. The molecule has 27 heavy (non-hydrogen) atoms. The highest BCUT2D eigenvalue weighted by Gasteiger charge is 2.34. The first-order valence-electron chi connectivity index (χ1n) is 9.19. The Morgan fingerprint density at radius 1 is 1.04 bits per heavy atom. The van der Waals surface area contributed by atoms with Gasteiger partial charge in [0.05, 0.1) is 12.6 Å². The Hall–Kier alpha value is -2.47. The molecule has 1 amide bonds. The average molecular weight is 372 g/mol. The minimum atomic E-state index is -0.782. The van der Waals surface area contributed by atoms with Crippen molar-refractivity contribution in [1.29, 1.82) is 0 Å². The first kappa shape index (κ1) is 17.9. The van der Waals surface area contributed by atoms with E-state index >= 15 is 0 Å². The van der Waals surface area contributed by atoms with Crippen LogP contribution in [0.25, 0.3) is 21.8 Å². The van der Waals surface area contributed by atoms with E-state index in [9.17, 15) is 18.7 Å². The summed E-state index contributed by atoms with van der Waals surface area (Å²) in [5.41, 5.74) is 1.45. The summed E-state index contributed by atoms with van der Waals surface area (Å²) in [6, 6.07) is 8.85. The Bertz CT molecular complexity index is 971. The van der Waals surface area contributed by atoms with E-state index in [1.54, 1.807) is 17.0 Å². The maximum Gasteiger partial charge on any atom is 0.223 e. The first-order chi connectivity index (χ1) is 12.8. The van der Waals surface area contributed by atoms with Crippen molar-refractivity contribution in [2.75, 3.05) is 6.54 Å². The summed E-state index contributed by atoms with van der Waals surface area (Å²) in [5, 5.41) is 11.9. The molecule has 3 unspecified atom stereocenters. The van der Waals surface area contributed by atoms with Crippen LogP contribution in [0.1, 0.15) is 20.3 Å². The van der Waals surface area contributed by atoms with E-state index in [-0.39, 0.29) is 31.0 Å². The fourth-order valence-electron chi connectivity index (χ4n) is 4.11. The number of rotatable bonds is 4. The van der Waals surface area contributed by atoms with Crippen LogP contribution < -0.4 is 0 Å². The second kappa shape index (κ2) is 6.60. The summed E-state index contributed by atoms with van der Waals surface area (Å²) in [6.45, 7) is 4.51. The van der Waals surface area contributed by atoms with Gasteiger partial charge in [-0.1, -0.05) is 6.92 Å². The van der Waals surface area contributed by atoms with Crippen LogP contribution in [-0.4, -0.2) is 39.2 Å². The summed E-state index contributed by atoms with van der Waals surface area (Å²) in [5.74, 6) is -0.460. The van der Waals surface area contributed by atoms with Gasteiger partial charge in [0.2, 0.25) is 5.91 Å². The molecule has 0 bridgehead atoms. The van der Waals surface area contributed by atoms with Crippen LogP contribution in [0, 0.1) is 17.6 Å². The van der Waals surface area contributed by atoms with E-state index in [0.717, 1.165) is 11.0 Å². The summed E-state index contributed by atoms with van der Waals surface area (Å²) < 4.78 is 29.3. The fourth-order valence-corrected chi connectivity index (χ4v) is 4.11. The molecule has 0 aliphatic carbocycles. The minimum Gasteiger partial charge on any atom is -0.389 e. The quantitative estimate of drug-likeness (QED) is 0.759. The predicted octanol–water partition coefficient (Wildman–Crippen LogP) is 3.69. The van der Waals surface area contributed by atoms with Crippen LogP contribution in [0.5, 0.6) is 0 Å². The van der Waals surface area contributed by atoms with Gasteiger partial charge in [0, 0.05) is 40.8 Å². The minimum absolute atomic E-state index is 0.0559. The number of nitrogens with zero attached hydrogens (tertiary/aromatic N) is 2. The van der Waals surface area contributed by atoms with Crippen LogP contribution in [0.4, 0.5) is 8.78 Å². The highest BCUT2D eigenvalue weighted by atomic mass is 19.1. The monoisotopic (exact) mass is 372 g/mol. The molecule has 1 saturated heterocycles. The standard InChI is InChI=1S/C21H22F2N2O2/c1-12-7-21(27)24(13(12)2)10-16(26)11-25-19-5-3-14(22)8-17(19)18-9-15(23)4-6-20(18)25/h3-6,8-9,12-13,16,26H,7,10-11H2,1-2H3. The van der Waals surface area contributed by atoms with Gasteiger partial charge in [0.1, 0.15) is 11.6 Å². The smallest absolute Gasteiger partial charge is 0.223 e. The number of aliphatic hydroxyl groups excluding tert-OH is 1. The molecule has 1 aliphatic rings. The van der Waals surface area contributed by atoms with Crippen LogP contribution >= 0.6 is 0 Å². The number of hydrogen-bond acceptors (Lipinski definition) is 2. The zero-order valence-electron chi connectivity index (χ0n) is 15.3. The number of aromatic nitrogens is 1. The number of benzene rings is 2. The number of carbonyl (C=O) groups excluding carboxylic acids is 1. The fraction of sp³-hybridized carbons (Fsp3) is 0.381. The van der Waals surface area contributed by atoms with Crippen molar-refractivity contribution in [3.8, 4) is 0 Å². The normalized spacial score (nSPS) is 21.5. The lowest BCUT2D eigenvalue weighted by Crippen LogP contribution is -2.40. The van der Waals surface area contributed by atoms with Gasteiger partial charge in [-0.2, -0.15) is 0 Å². The lowest BCUT2D eigenvalue weighted by Gasteiger charge is -2.26. The summed E-state index contributed by atoms with van der Waals surface area (Å²) in [6.07, 6.45) is -0.280. The van der Waals surface area contributed by atoms with Gasteiger partial charge in [-0.05, 0) is 49.2 Å². The topological polar surface area (TPSA) is 45.5 Å². The summed E-state index contributed by atoms with van der Waals surface area (Å²) in [7, 11) is 0. The van der Waals surface area contributed by atoms with Gasteiger partial charge >= 0.3 is 0 Å². The SMILES string of the molecule is CC1CC(=O)N(CC(O)Cn2c3ccc(F)cc3c3cc(F)ccc32)C1C. The molecule has 4 nitrogen and oxygen atoms in total. The number of amides is 1. The largest absolute Gasteiger partial charge is 0.389 e. The molecule has 4 rings (SSSR count). The second-order valence-corrected chi connectivity index (χ2v) is 7.56. The Kier molecular flexibility index (Phi) is 4.38. The van der Waals surface area contributed by atoms with Gasteiger partial charge in [0.25, 0.3) is 0 Å². The van der Waals surface area contributed by atoms with E-state index in [0.29, 0.717) is 17.2 Å². The van der Waals surface area contributed by atoms with Gasteiger partial charge < -0.3 is 14.6 Å². The van der Waals surface area contributed by atoms with Crippen LogP contribution in [0.2, 0.25) is 0 Å². The average Bonchev–Trinajstić information content (AvgIpc) is 3.03. The molecule has 2 aromatic carbocycles. The third-order valence-corrected chi connectivity index (χ3v) is 5.72. The molecule has 142 valence electrons. The number of aliphatic hydroxyl groups is 1. The third kappa shape index (κ3) is 3.08.